The van der Waals surface area contributed by atoms with Crippen LogP contribution in [0.4, 0.5) is 0 Å². The summed E-state index contributed by atoms with van der Waals surface area (Å²) in [4.78, 5) is 18.7. The Morgan fingerprint density at radius 3 is 2.73 bits per heavy atom. The van der Waals surface area contributed by atoms with Crippen LogP contribution in [0.3, 0.4) is 0 Å². The minimum Gasteiger partial charge on any atom is -0.487 e. The highest BCUT2D eigenvalue weighted by Crippen LogP contribution is 2.37. The van der Waals surface area contributed by atoms with Crippen LogP contribution in [-0.4, -0.2) is 61.6 Å². The highest BCUT2D eigenvalue weighted by atomic mass is 35.5. The average Bonchev–Trinajstić information content (AvgIpc) is 3.40. The van der Waals surface area contributed by atoms with E-state index in [1.165, 1.54) is 22.0 Å². The Morgan fingerprint density at radius 2 is 1.95 bits per heavy atom. The van der Waals surface area contributed by atoms with Crippen LogP contribution >= 0.6 is 11.6 Å². The van der Waals surface area contributed by atoms with Crippen molar-refractivity contribution >= 4 is 17.6 Å². The largest absolute Gasteiger partial charge is 0.487 e. The molecule has 0 fully saturated rings. The summed E-state index contributed by atoms with van der Waals surface area (Å²) in [5.41, 5.74) is 4.85. The molecule has 1 atom stereocenters. The van der Waals surface area contributed by atoms with Crippen molar-refractivity contribution in [2.75, 3.05) is 19.8 Å². The van der Waals surface area contributed by atoms with Gasteiger partial charge in [-0.25, -0.2) is 9.78 Å². The topological polar surface area (TPSA) is 110 Å². The van der Waals surface area contributed by atoms with E-state index in [-0.39, 0.29) is 30.7 Å². The molecule has 0 radical (unpaired) electrons. The fourth-order valence-electron chi connectivity index (χ4n) is 4.84. The molecule has 0 bridgehead atoms. The van der Waals surface area contributed by atoms with Crippen molar-refractivity contribution in [3.63, 3.8) is 0 Å². The van der Waals surface area contributed by atoms with Gasteiger partial charge < -0.3 is 19.7 Å². The van der Waals surface area contributed by atoms with E-state index in [9.17, 15) is 15.0 Å². The first kappa shape index (κ1) is 27.6. The molecule has 5 rings (SSSR count). The average molecular weight is 563 g/mol. The number of para-hydroxylation sites is 1. The molecule has 40 heavy (non-hydrogen) atoms. The Labute approximate surface area is 237 Å². The van der Waals surface area contributed by atoms with Gasteiger partial charge in [0.1, 0.15) is 17.9 Å². The second-order valence-corrected chi connectivity index (χ2v) is 10.1. The third-order valence-corrected chi connectivity index (χ3v) is 7.31. The summed E-state index contributed by atoms with van der Waals surface area (Å²) in [6.07, 6.45) is 2.17. The lowest BCUT2D eigenvalue weighted by atomic mass is 9.96. The SMILES string of the molecule is CCOc1c(C(=O)O)cnn1-c1cccc(-c2cccc(Cl)c2OCc2ccc3c(c2)CCN(C(C)CO)C3)n1. The van der Waals surface area contributed by atoms with E-state index in [4.69, 9.17) is 26.1 Å². The molecule has 3 heterocycles. The molecule has 4 aromatic rings. The van der Waals surface area contributed by atoms with Gasteiger partial charge in [0.25, 0.3) is 0 Å². The number of carbonyl (C=O) groups is 1. The van der Waals surface area contributed by atoms with E-state index in [1.54, 1.807) is 19.1 Å². The Kier molecular flexibility index (Phi) is 8.35. The molecule has 0 amide bonds. The Balaban J connectivity index is 1.40. The van der Waals surface area contributed by atoms with E-state index in [2.05, 4.69) is 28.2 Å². The number of carboxylic acids is 1. The van der Waals surface area contributed by atoms with Crippen LogP contribution in [-0.2, 0) is 19.6 Å². The van der Waals surface area contributed by atoms with Gasteiger partial charge in [-0.2, -0.15) is 9.78 Å². The first-order valence-corrected chi connectivity index (χ1v) is 13.6. The number of hydrogen-bond acceptors (Lipinski definition) is 7. The maximum atomic E-state index is 11.6. The summed E-state index contributed by atoms with van der Waals surface area (Å²) >= 11 is 6.60. The molecule has 1 unspecified atom stereocenters. The molecule has 1 aliphatic rings. The molecule has 0 saturated carbocycles. The van der Waals surface area contributed by atoms with E-state index in [1.807, 2.05) is 31.2 Å². The van der Waals surface area contributed by atoms with Gasteiger partial charge in [0.15, 0.2) is 5.82 Å². The molecule has 1 aliphatic heterocycles. The smallest absolute Gasteiger partial charge is 0.342 e. The van der Waals surface area contributed by atoms with Crippen LogP contribution in [0.5, 0.6) is 11.6 Å². The summed E-state index contributed by atoms with van der Waals surface area (Å²) < 4.78 is 13.2. The highest BCUT2D eigenvalue weighted by Gasteiger charge is 2.22. The maximum Gasteiger partial charge on any atom is 0.342 e. The number of pyridine rings is 1. The Bertz CT molecular complexity index is 1520. The van der Waals surface area contributed by atoms with Gasteiger partial charge >= 0.3 is 5.97 Å². The summed E-state index contributed by atoms with van der Waals surface area (Å²) in [5.74, 6) is -0.107. The third-order valence-electron chi connectivity index (χ3n) is 7.01. The lowest BCUT2D eigenvalue weighted by molar-refractivity contribution is 0.0692. The quantitative estimate of drug-likeness (QED) is 0.278. The highest BCUT2D eigenvalue weighted by molar-refractivity contribution is 6.32. The zero-order valence-electron chi connectivity index (χ0n) is 22.4. The summed E-state index contributed by atoms with van der Waals surface area (Å²) in [5, 5.41) is 23.7. The van der Waals surface area contributed by atoms with Crippen LogP contribution in [0.1, 0.15) is 40.9 Å². The maximum absolute atomic E-state index is 11.6. The van der Waals surface area contributed by atoms with Crippen LogP contribution < -0.4 is 9.47 Å². The second kappa shape index (κ2) is 12.1. The van der Waals surface area contributed by atoms with Gasteiger partial charge in [-0.05, 0) is 61.2 Å². The number of aliphatic hydroxyl groups is 1. The van der Waals surface area contributed by atoms with Gasteiger partial charge in [0, 0.05) is 24.7 Å². The van der Waals surface area contributed by atoms with E-state index in [0.717, 1.165) is 25.1 Å². The van der Waals surface area contributed by atoms with E-state index in [0.29, 0.717) is 34.5 Å². The summed E-state index contributed by atoms with van der Waals surface area (Å²) in [6, 6.07) is 17.4. The molecule has 2 N–H and O–H groups in total. The number of ether oxygens (including phenoxy) is 2. The Hall–Kier alpha value is -3.92. The van der Waals surface area contributed by atoms with Crippen molar-refractivity contribution in [3.8, 4) is 28.7 Å². The minimum atomic E-state index is -1.13. The van der Waals surface area contributed by atoms with Crippen molar-refractivity contribution in [1.82, 2.24) is 19.7 Å². The molecule has 208 valence electrons. The number of fused-ring (bicyclic) bond motifs is 1. The van der Waals surface area contributed by atoms with Gasteiger partial charge in [-0.1, -0.05) is 41.9 Å². The fraction of sp³-hybridized carbons (Fsp3) is 0.300. The number of hydrogen-bond donors (Lipinski definition) is 2. The third kappa shape index (κ3) is 5.67. The predicted molar refractivity (Wildman–Crippen MR) is 151 cm³/mol. The van der Waals surface area contributed by atoms with Crippen molar-refractivity contribution in [1.29, 1.82) is 0 Å². The zero-order valence-corrected chi connectivity index (χ0v) is 23.1. The lowest BCUT2D eigenvalue weighted by Gasteiger charge is -2.33. The molecule has 2 aromatic carbocycles. The second-order valence-electron chi connectivity index (χ2n) is 9.65. The zero-order chi connectivity index (χ0) is 28.2. The summed E-state index contributed by atoms with van der Waals surface area (Å²) in [7, 11) is 0. The van der Waals surface area contributed by atoms with Gasteiger partial charge in [-0.3, -0.25) is 4.90 Å². The van der Waals surface area contributed by atoms with Crippen molar-refractivity contribution in [3.05, 3.63) is 88.1 Å². The number of aromatic carboxylic acids is 1. The summed E-state index contributed by atoms with van der Waals surface area (Å²) in [6.45, 7) is 6.31. The molecule has 2 aromatic heterocycles. The number of halogens is 1. The number of carboxylic acid groups (broad SMARTS) is 1. The monoisotopic (exact) mass is 562 g/mol. The van der Waals surface area contributed by atoms with Gasteiger partial charge in [0.2, 0.25) is 5.88 Å². The molecule has 9 nitrogen and oxygen atoms in total. The number of aliphatic hydroxyl groups excluding tert-OH is 1. The first-order valence-electron chi connectivity index (χ1n) is 13.2. The van der Waals surface area contributed by atoms with Crippen LogP contribution in [0.2, 0.25) is 5.02 Å². The lowest BCUT2D eigenvalue weighted by Crippen LogP contribution is -2.39. The number of nitrogens with zero attached hydrogens (tertiary/aromatic N) is 4. The van der Waals surface area contributed by atoms with Gasteiger partial charge in [-0.15, -0.1) is 0 Å². The normalized spacial score (nSPS) is 14.0. The van der Waals surface area contributed by atoms with Crippen LogP contribution in [0.25, 0.3) is 17.1 Å². The fourth-order valence-corrected chi connectivity index (χ4v) is 5.07. The van der Waals surface area contributed by atoms with Crippen LogP contribution in [0.15, 0.2) is 60.8 Å². The molecule has 0 aliphatic carbocycles. The van der Waals surface area contributed by atoms with E-state index >= 15 is 0 Å². The molecular weight excluding hydrogens is 532 g/mol. The number of aromatic nitrogens is 3. The molecule has 10 heteroatoms. The Morgan fingerprint density at radius 1 is 1.12 bits per heavy atom. The van der Waals surface area contributed by atoms with Crippen LogP contribution in [0, 0.1) is 0 Å². The minimum absolute atomic E-state index is 0.0403. The van der Waals surface area contributed by atoms with Gasteiger partial charge in [0.05, 0.1) is 30.1 Å². The molecule has 0 saturated heterocycles. The molecular formula is C30H31ClN4O5. The van der Waals surface area contributed by atoms with Crippen molar-refractivity contribution in [2.45, 2.75) is 39.5 Å². The number of rotatable bonds is 10. The standard InChI is InChI=1S/C30H31ClN4O5/c1-3-39-29-24(30(37)38)15-32-35(29)27-9-5-8-26(33-27)23-6-4-7-25(31)28(23)40-18-20-10-11-22-16-34(19(2)17-36)13-12-21(22)14-20/h4-11,14-15,19,36H,3,12-13,16-18H2,1-2H3,(H,37,38). The number of benzene rings is 2. The van der Waals surface area contributed by atoms with Crippen molar-refractivity contribution < 1.29 is 24.5 Å². The van der Waals surface area contributed by atoms with E-state index < -0.39 is 5.97 Å². The first-order chi connectivity index (χ1) is 19.4. The van der Waals surface area contributed by atoms with Crippen molar-refractivity contribution in [2.24, 2.45) is 0 Å². The predicted octanol–water partition coefficient (Wildman–Crippen LogP) is 5.00. The molecule has 0 spiro atoms.